The van der Waals surface area contributed by atoms with Crippen LogP contribution in [0.15, 0.2) is 24.3 Å². The Hall–Kier alpha value is -2.08. The van der Waals surface area contributed by atoms with Gasteiger partial charge in [-0.05, 0) is 50.0 Å². The highest BCUT2D eigenvalue weighted by atomic mass is 16.5. The van der Waals surface area contributed by atoms with Gasteiger partial charge in [0.15, 0.2) is 0 Å². The minimum absolute atomic E-state index is 0.0237. The van der Waals surface area contributed by atoms with Gasteiger partial charge in [0.25, 0.3) is 0 Å². The van der Waals surface area contributed by atoms with Gasteiger partial charge in [0.1, 0.15) is 5.75 Å². The SMILES string of the molecule is COC(=O)C1CCN(CC(=O)NCCc2ccc(OC)cc2)CC1. The number of rotatable bonds is 7. The average Bonchev–Trinajstić information content (AvgIpc) is 2.62. The van der Waals surface area contributed by atoms with Gasteiger partial charge in [-0.15, -0.1) is 0 Å². The number of nitrogens with zero attached hydrogens (tertiary/aromatic N) is 1. The summed E-state index contributed by atoms with van der Waals surface area (Å²) in [7, 11) is 3.06. The monoisotopic (exact) mass is 334 g/mol. The zero-order valence-electron chi connectivity index (χ0n) is 14.4. The molecule has 1 aliphatic rings. The fourth-order valence-corrected chi connectivity index (χ4v) is 2.89. The van der Waals surface area contributed by atoms with Crippen molar-refractivity contribution in [3.63, 3.8) is 0 Å². The van der Waals surface area contributed by atoms with Gasteiger partial charge >= 0.3 is 5.97 Å². The zero-order valence-corrected chi connectivity index (χ0v) is 14.4. The first-order valence-corrected chi connectivity index (χ1v) is 8.32. The summed E-state index contributed by atoms with van der Waals surface area (Å²) >= 11 is 0. The van der Waals surface area contributed by atoms with E-state index in [1.807, 2.05) is 24.3 Å². The molecule has 0 atom stereocenters. The molecule has 1 amide bonds. The molecule has 1 aliphatic heterocycles. The van der Waals surface area contributed by atoms with Crippen molar-refractivity contribution >= 4 is 11.9 Å². The van der Waals surface area contributed by atoms with E-state index in [-0.39, 0.29) is 17.8 Å². The van der Waals surface area contributed by atoms with Gasteiger partial charge in [0.05, 0.1) is 26.7 Å². The first-order chi connectivity index (χ1) is 11.6. The van der Waals surface area contributed by atoms with E-state index in [2.05, 4.69) is 10.2 Å². The first kappa shape index (κ1) is 18.3. The molecule has 1 fully saturated rings. The largest absolute Gasteiger partial charge is 0.497 e. The molecule has 0 spiro atoms. The molecule has 6 nitrogen and oxygen atoms in total. The molecule has 2 rings (SSSR count). The molecule has 132 valence electrons. The molecule has 1 N–H and O–H groups in total. The Bertz CT molecular complexity index is 536. The predicted molar refractivity (Wildman–Crippen MR) is 90.9 cm³/mol. The third-order valence-corrected chi connectivity index (χ3v) is 4.38. The number of hydrogen-bond donors (Lipinski definition) is 1. The lowest BCUT2D eigenvalue weighted by Crippen LogP contribution is -2.43. The quantitative estimate of drug-likeness (QED) is 0.760. The van der Waals surface area contributed by atoms with Gasteiger partial charge < -0.3 is 14.8 Å². The minimum atomic E-state index is -0.140. The van der Waals surface area contributed by atoms with Gasteiger partial charge in [0, 0.05) is 6.54 Å². The van der Waals surface area contributed by atoms with E-state index >= 15 is 0 Å². The highest BCUT2D eigenvalue weighted by Crippen LogP contribution is 2.18. The third kappa shape index (κ3) is 5.53. The van der Waals surface area contributed by atoms with Crippen LogP contribution in [0.1, 0.15) is 18.4 Å². The number of carbonyl (C=O) groups is 2. The maximum absolute atomic E-state index is 12.0. The molecule has 6 heteroatoms. The molecule has 1 saturated heterocycles. The molecular formula is C18H26N2O4. The molecule has 24 heavy (non-hydrogen) atoms. The van der Waals surface area contributed by atoms with Gasteiger partial charge in [0.2, 0.25) is 5.91 Å². The molecule has 1 aromatic carbocycles. The van der Waals surface area contributed by atoms with Crippen molar-refractivity contribution in [2.45, 2.75) is 19.3 Å². The highest BCUT2D eigenvalue weighted by molar-refractivity contribution is 5.78. The van der Waals surface area contributed by atoms with Gasteiger partial charge in [-0.2, -0.15) is 0 Å². The Morgan fingerprint density at radius 3 is 2.42 bits per heavy atom. The second-order valence-corrected chi connectivity index (χ2v) is 6.02. The number of nitrogens with one attached hydrogen (secondary N) is 1. The summed E-state index contributed by atoms with van der Waals surface area (Å²) in [6.45, 7) is 2.51. The van der Waals surface area contributed by atoms with Crippen LogP contribution < -0.4 is 10.1 Å². The summed E-state index contributed by atoms with van der Waals surface area (Å²) in [6.07, 6.45) is 2.30. The lowest BCUT2D eigenvalue weighted by molar-refractivity contribution is -0.147. The smallest absolute Gasteiger partial charge is 0.308 e. The van der Waals surface area contributed by atoms with Crippen LogP contribution >= 0.6 is 0 Å². The van der Waals surface area contributed by atoms with Crippen molar-refractivity contribution in [3.8, 4) is 5.75 Å². The lowest BCUT2D eigenvalue weighted by Gasteiger charge is -2.29. The summed E-state index contributed by atoms with van der Waals surface area (Å²) < 4.78 is 9.89. The number of amides is 1. The maximum atomic E-state index is 12.0. The van der Waals surface area contributed by atoms with Crippen molar-refractivity contribution in [1.82, 2.24) is 10.2 Å². The van der Waals surface area contributed by atoms with Gasteiger partial charge in [-0.25, -0.2) is 0 Å². The van der Waals surface area contributed by atoms with E-state index in [4.69, 9.17) is 9.47 Å². The predicted octanol–water partition coefficient (Wildman–Crippen LogP) is 1.24. The second kappa shape index (κ2) is 9.27. The van der Waals surface area contributed by atoms with E-state index in [0.29, 0.717) is 13.1 Å². The molecule has 0 radical (unpaired) electrons. The first-order valence-electron chi connectivity index (χ1n) is 8.32. The van der Waals surface area contributed by atoms with Gasteiger partial charge in [-0.1, -0.05) is 12.1 Å². The maximum Gasteiger partial charge on any atom is 0.308 e. The van der Waals surface area contributed by atoms with Crippen LogP contribution in [0.25, 0.3) is 0 Å². The standard InChI is InChI=1S/C18H26N2O4/c1-23-16-5-3-14(4-6-16)7-10-19-17(21)13-20-11-8-15(9-12-20)18(22)24-2/h3-6,15H,7-13H2,1-2H3,(H,19,21). The molecule has 1 heterocycles. The van der Waals surface area contributed by atoms with Crippen molar-refractivity contribution < 1.29 is 19.1 Å². The van der Waals surface area contributed by atoms with Gasteiger partial charge in [-0.3, -0.25) is 14.5 Å². The van der Waals surface area contributed by atoms with Crippen molar-refractivity contribution in [2.24, 2.45) is 5.92 Å². The fourth-order valence-electron chi connectivity index (χ4n) is 2.89. The Kier molecular flexibility index (Phi) is 7.06. The second-order valence-electron chi connectivity index (χ2n) is 6.02. The summed E-state index contributed by atoms with van der Waals surface area (Å²) in [5, 5.41) is 2.95. The number of likely N-dealkylation sites (tertiary alicyclic amines) is 1. The van der Waals surface area contributed by atoms with Crippen LogP contribution in [0.3, 0.4) is 0 Å². The summed E-state index contributed by atoms with van der Waals surface area (Å²) in [6, 6.07) is 7.84. The molecular weight excluding hydrogens is 308 g/mol. The van der Waals surface area contributed by atoms with E-state index < -0.39 is 0 Å². The fraction of sp³-hybridized carbons (Fsp3) is 0.556. The molecule has 0 unspecified atom stereocenters. The summed E-state index contributed by atoms with van der Waals surface area (Å²) in [4.78, 5) is 25.6. The van der Waals surface area contributed by atoms with Crippen LogP contribution in [0, 0.1) is 5.92 Å². The molecule has 0 aromatic heterocycles. The van der Waals surface area contributed by atoms with Crippen LogP contribution in [0.4, 0.5) is 0 Å². The number of benzene rings is 1. The summed E-state index contributed by atoms with van der Waals surface area (Å²) in [5.74, 6) is 0.696. The number of hydrogen-bond acceptors (Lipinski definition) is 5. The van der Waals surface area contributed by atoms with Crippen LogP contribution in [-0.2, 0) is 20.7 Å². The Labute approximate surface area is 143 Å². The molecule has 0 bridgehead atoms. The Morgan fingerprint density at radius 2 is 1.83 bits per heavy atom. The van der Waals surface area contributed by atoms with Crippen LogP contribution in [0.5, 0.6) is 5.75 Å². The molecule has 1 aromatic rings. The van der Waals surface area contributed by atoms with Crippen molar-refractivity contribution in [3.05, 3.63) is 29.8 Å². The number of piperidine rings is 1. The number of esters is 1. The number of ether oxygens (including phenoxy) is 2. The molecule has 0 aliphatic carbocycles. The van der Waals surface area contributed by atoms with Crippen molar-refractivity contribution in [2.75, 3.05) is 40.4 Å². The minimum Gasteiger partial charge on any atom is -0.497 e. The van der Waals surface area contributed by atoms with E-state index in [1.165, 1.54) is 7.11 Å². The number of carbonyl (C=O) groups excluding carboxylic acids is 2. The topological polar surface area (TPSA) is 67.9 Å². The Balaban J connectivity index is 1.64. The van der Waals surface area contributed by atoms with E-state index in [1.54, 1.807) is 7.11 Å². The van der Waals surface area contributed by atoms with Crippen LogP contribution in [-0.4, -0.2) is 57.2 Å². The molecule has 0 saturated carbocycles. The van der Waals surface area contributed by atoms with E-state index in [0.717, 1.165) is 43.7 Å². The lowest BCUT2D eigenvalue weighted by atomic mass is 9.97. The van der Waals surface area contributed by atoms with Crippen molar-refractivity contribution in [1.29, 1.82) is 0 Å². The normalized spacial score (nSPS) is 15.8. The van der Waals surface area contributed by atoms with Crippen LogP contribution in [0.2, 0.25) is 0 Å². The third-order valence-electron chi connectivity index (χ3n) is 4.38. The number of methoxy groups -OCH3 is 2. The average molecular weight is 334 g/mol. The summed E-state index contributed by atoms with van der Waals surface area (Å²) in [5.41, 5.74) is 1.16. The van der Waals surface area contributed by atoms with E-state index in [9.17, 15) is 9.59 Å². The highest BCUT2D eigenvalue weighted by Gasteiger charge is 2.26. The Morgan fingerprint density at radius 1 is 1.17 bits per heavy atom. The zero-order chi connectivity index (χ0) is 17.4.